The molecule has 1 N–H and O–H groups in total. The van der Waals surface area contributed by atoms with Gasteiger partial charge in [-0.05, 0) is 32.9 Å². The number of aryl methyl sites for hydroxylation is 2. The minimum Gasteiger partial charge on any atom is -0.497 e. The first kappa shape index (κ1) is 22.7. The van der Waals surface area contributed by atoms with Gasteiger partial charge in [-0.2, -0.15) is 0 Å². The number of aliphatic imine (C=N–C) groups is 1. The number of benzene rings is 1. The van der Waals surface area contributed by atoms with E-state index in [1.807, 2.05) is 12.1 Å². The van der Waals surface area contributed by atoms with Crippen molar-refractivity contribution in [2.45, 2.75) is 27.3 Å². The van der Waals surface area contributed by atoms with E-state index in [1.54, 1.807) is 18.4 Å². The Balaban J connectivity index is 0.00000280. The largest absolute Gasteiger partial charge is 0.497 e. The maximum absolute atomic E-state index is 5.35. The Morgan fingerprint density at radius 1 is 1.25 bits per heavy atom. The monoisotopic (exact) mass is 515 g/mol. The summed E-state index contributed by atoms with van der Waals surface area (Å²) in [7, 11) is 1.71. The summed E-state index contributed by atoms with van der Waals surface area (Å²) in [5, 5.41) is 4.51. The second-order valence-corrected chi connectivity index (χ2v) is 7.88. The lowest BCUT2D eigenvalue weighted by Gasteiger charge is -2.37. The number of ether oxygens (including phenoxy) is 1. The molecular weight excluding hydrogens is 485 g/mol. The fourth-order valence-corrected chi connectivity index (χ4v) is 4.02. The molecule has 0 aliphatic carbocycles. The lowest BCUT2D eigenvalue weighted by atomic mass is 10.2. The van der Waals surface area contributed by atoms with E-state index >= 15 is 0 Å². The number of methoxy groups -OCH3 is 1. The zero-order valence-corrected chi connectivity index (χ0v) is 20.2. The van der Waals surface area contributed by atoms with E-state index in [-0.39, 0.29) is 24.0 Å². The van der Waals surface area contributed by atoms with Gasteiger partial charge in [-0.3, -0.25) is 0 Å². The predicted molar refractivity (Wildman–Crippen MR) is 129 cm³/mol. The molecule has 1 aliphatic rings. The van der Waals surface area contributed by atoms with Crippen molar-refractivity contribution >= 4 is 47.0 Å². The number of piperazine rings is 1. The first-order chi connectivity index (χ1) is 13.1. The molecule has 154 valence electrons. The number of hydrogen-bond acceptors (Lipinski definition) is 5. The van der Waals surface area contributed by atoms with Gasteiger partial charge in [0.2, 0.25) is 0 Å². The Morgan fingerprint density at radius 2 is 2.00 bits per heavy atom. The van der Waals surface area contributed by atoms with Crippen molar-refractivity contribution < 1.29 is 4.74 Å². The number of guanidine groups is 1. The number of rotatable bonds is 5. The van der Waals surface area contributed by atoms with Crippen molar-refractivity contribution in [2.24, 2.45) is 4.99 Å². The topological polar surface area (TPSA) is 53.0 Å². The van der Waals surface area contributed by atoms with Gasteiger partial charge in [-0.1, -0.05) is 6.07 Å². The molecule has 28 heavy (non-hydrogen) atoms. The highest BCUT2D eigenvalue weighted by Gasteiger charge is 2.20. The van der Waals surface area contributed by atoms with Crippen LogP contribution in [0.15, 0.2) is 29.3 Å². The highest BCUT2D eigenvalue weighted by atomic mass is 127. The van der Waals surface area contributed by atoms with E-state index in [0.29, 0.717) is 6.54 Å². The third kappa shape index (κ3) is 5.73. The smallest absolute Gasteiger partial charge is 0.194 e. The molecule has 0 radical (unpaired) electrons. The summed E-state index contributed by atoms with van der Waals surface area (Å²) in [4.78, 5) is 15.4. The first-order valence-electron chi connectivity index (χ1n) is 9.46. The number of hydrogen-bond donors (Lipinski definition) is 1. The molecule has 2 heterocycles. The van der Waals surface area contributed by atoms with Crippen LogP contribution < -0.4 is 15.0 Å². The summed E-state index contributed by atoms with van der Waals surface area (Å²) in [6, 6.07) is 8.27. The highest BCUT2D eigenvalue weighted by molar-refractivity contribution is 14.0. The van der Waals surface area contributed by atoms with Crippen molar-refractivity contribution in [3.8, 4) is 5.75 Å². The molecule has 2 aromatic rings. The zero-order valence-electron chi connectivity index (χ0n) is 17.1. The van der Waals surface area contributed by atoms with Crippen molar-refractivity contribution in [3.05, 3.63) is 39.8 Å². The van der Waals surface area contributed by atoms with Crippen LogP contribution in [0.3, 0.4) is 0 Å². The lowest BCUT2D eigenvalue weighted by molar-refractivity contribution is 0.372. The van der Waals surface area contributed by atoms with Crippen molar-refractivity contribution in [1.82, 2.24) is 15.2 Å². The maximum atomic E-state index is 5.35. The summed E-state index contributed by atoms with van der Waals surface area (Å²) >= 11 is 1.74. The lowest BCUT2D eigenvalue weighted by Crippen LogP contribution is -2.52. The Hall–Kier alpha value is -1.55. The van der Waals surface area contributed by atoms with Crippen LogP contribution in [0.25, 0.3) is 0 Å². The van der Waals surface area contributed by atoms with E-state index in [4.69, 9.17) is 9.73 Å². The molecular formula is C20H30IN5OS. The van der Waals surface area contributed by atoms with Crippen LogP contribution in [0, 0.1) is 13.8 Å². The number of aromatic nitrogens is 1. The molecule has 0 amide bonds. The molecule has 6 nitrogen and oxygen atoms in total. The van der Waals surface area contributed by atoms with E-state index in [1.165, 1.54) is 10.6 Å². The van der Waals surface area contributed by atoms with Gasteiger partial charge in [0, 0.05) is 49.4 Å². The first-order valence-corrected chi connectivity index (χ1v) is 10.3. The molecule has 1 aromatic carbocycles. The summed E-state index contributed by atoms with van der Waals surface area (Å²) in [6.07, 6.45) is 0. The Morgan fingerprint density at radius 3 is 2.61 bits per heavy atom. The normalized spacial score (nSPS) is 14.6. The van der Waals surface area contributed by atoms with Gasteiger partial charge in [0.05, 0.1) is 19.3 Å². The van der Waals surface area contributed by atoms with Gasteiger partial charge < -0.3 is 19.9 Å². The third-order valence-corrected chi connectivity index (χ3v) is 5.83. The molecule has 3 rings (SSSR count). The summed E-state index contributed by atoms with van der Waals surface area (Å²) in [5.74, 6) is 1.88. The summed E-state index contributed by atoms with van der Waals surface area (Å²) in [6.45, 7) is 11.6. The van der Waals surface area contributed by atoms with Crippen LogP contribution in [-0.4, -0.2) is 55.7 Å². The fraction of sp³-hybridized carbons (Fsp3) is 0.500. The Labute approximate surface area is 189 Å². The van der Waals surface area contributed by atoms with Gasteiger partial charge in [0.1, 0.15) is 10.8 Å². The molecule has 1 aliphatic heterocycles. The summed E-state index contributed by atoms with van der Waals surface area (Å²) < 4.78 is 5.35. The second-order valence-electron chi connectivity index (χ2n) is 6.59. The Kier molecular flexibility index (Phi) is 8.81. The number of nitrogens with zero attached hydrogens (tertiary/aromatic N) is 4. The van der Waals surface area contributed by atoms with Crippen LogP contribution in [0.4, 0.5) is 5.69 Å². The average molecular weight is 515 g/mol. The van der Waals surface area contributed by atoms with Gasteiger partial charge in [-0.15, -0.1) is 35.3 Å². The number of nitrogens with one attached hydrogen (secondary N) is 1. The van der Waals surface area contributed by atoms with Gasteiger partial charge in [0.15, 0.2) is 5.96 Å². The molecule has 1 saturated heterocycles. The maximum Gasteiger partial charge on any atom is 0.194 e. The third-order valence-electron chi connectivity index (χ3n) is 4.77. The van der Waals surface area contributed by atoms with E-state index in [0.717, 1.165) is 55.1 Å². The second kappa shape index (κ2) is 10.8. The van der Waals surface area contributed by atoms with Crippen molar-refractivity contribution in [1.29, 1.82) is 0 Å². The quantitative estimate of drug-likeness (QED) is 0.374. The minimum atomic E-state index is 0. The minimum absolute atomic E-state index is 0. The molecule has 1 aromatic heterocycles. The van der Waals surface area contributed by atoms with Crippen LogP contribution in [0.1, 0.15) is 22.5 Å². The van der Waals surface area contributed by atoms with Gasteiger partial charge in [-0.25, -0.2) is 9.98 Å². The molecule has 1 fully saturated rings. The van der Waals surface area contributed by atoms with Gasteiger partial charge >= 0.3 is 0 Å². The van der Waals surface area contributed by atoms with Crippen LogP contribution in [-0.2, 0) is 6.54 Å². The average Bonchev–Trinajstić information content (AvgIpc) is 3.03. The molecule has 0 saturated carbocycles. The van der Waals surface area contributed by atoms with Crippen molar-refractivity contribution in [2.75, 3.05) is 44.7 Å². The number of thiazole rings is 1. The van der Waals surface area contributed by atoms with Gasteiger partial charge in [0.25, 0.3) is 0 Å². The van der Waals surface area contributed by atoms with Crippen LogP contribution in [0.2, 0.25) is 0 Å². The van der Waals surface area contributed by atoms with E-state index in [2.05, 4.69) is 53.0 Å². The molecule has 0 spiro atoms. The number of halogens is 1. The molecule has 0 unspecified atom stereocenters. The van der Waals surface area contributed by atoms with Crippen LogP contribution in [0.5, 0.6) is 5.75 Å². The predicted octanol–water partition coefficient (Wildman–Crippen LogP) is 3.67. The highest BCUT2D eigenvalue weighted by Crippen LogP contribution is 2.22. The SMILES string of the molecule is CCNC(=NCc1nc(C)c(C)s1)N1CCN(c2cccc(OC)c2)CC1.I. The zero-order chi connectivity index (χ0) is 19.2. The Bertz CT molecular complexity index is 767. The van der Waals surface area contributed by atoms with Crippen molar-refractivity contribution in [3.63, 3.8) is 0 Å². The van der Waals surface area contributed by atoms with E-state index in [9.17, 15) is 0 Å². The number of anilines is 1. The van der Waals surface area contributed by atoms with Crippen LogP contribution >= 0.6 is 35.3 Å². The molecule has 0 bridgehead atoms. The van der Waals surface area contributed by atoms with E-state index < -0.39 is 0 Å². The summed E-state index contributed by atoms with van der Waals surface area (Å²) in [5.41, 5.74) is 2.33. The molecule has 8 heteroatoms. The molecule has 0 atom stereocenters. The standard InChI is InChI=1S/C20H29N5OS.HI/c1-5-21-20(22-14-19-23-15(2)16(3)27-19)25-11-9-24(10-12-25)17-7-6-8-18(13-17)26-4;/h6-8,13H,5,9-12,14H2,1-4H3,(H,21,22);1H. The fourth-order valence-electron chi connectivity index (χ4n) is 3.16.